The summed E-state index contributed by atoms with van der Waals surface area (Å²) in [5.41, 5.74) is 1.93. The SMILES string of the molecule is C[C@H]1CC2(CCN(c3ccc(OC4CCN(CC5CCC(O)CC5)CC4)nn3)CC2)CN1c1ccc(C#N)c(Cl)c1. The highest BCUT2D eigenvalue weighted by atomic mass is 35.5. The summed E-state index contributed by atoms with van der Waals surface area (Å²) < 4.78 is 6.23. The van der Waals surface area contributed by atoms with Gasteiger partial charge in [0.1, 0.15) is 12.2 Å². The fourth-order valence-electron chi connectivity index (χ4n) is 7.63. The van der Waals surface area contributed by atoms with E-state index in [2.05, 4.69) is 44.0 Å². The van der Waals surface area contributed by atoms with Crippen molar-refractivity contribution in [3.05, 3.63) is 40.9 Å². The molecule has 3 saturated heterocycles. The Balaban J connectivity index is 0.963. The molecule has 4 fully saturated rings. The molecule has 1 aromatic heterocycles. The van der Waals surface area contributed by atoms with Gasteiger partial charge < -0.3 is 24.5 Å². The van der Waals surface area contributed by atoms with Crippen LogP contribution in [0.25, 0.3) is 0 Å². The number of halogens is 1. The number of aliphatic hydroxyl groups is 1. The van der Waals surface area contributed by atoms with Crippen molar-refractivity contribution >= 4 is 23.1 Å². The lowest BCUT2D eigenvalue weighted by Crippen LogP contribution is -2.42. The maximum Gasteiger partial charge on any atom is 0.233 e. The summed E-state index contributed by atoms with van der Waals surface area (Å²) in [5, 5.41) is 28.5. The van der Waals surface area contributed by atoms with Crippen molar-refractivity contribution in [1.82, 2.24) is 15.1 Å². The third-order valence-corrected chi connectivity index (χ3v) is 10.4. The highest BCUT2D eigenvalue weighted by Gasteiger charge is 2.44. The predicted octanol–water partition coefficient (Wildman–Crippen LogP) is 5.28. The van der Waals surface area contributed by atoms with Crippen LogP contribution < -0.4 is 14.5 Å². The zero-order valence-corrected chi connectivity index (χ0v) is 25.0. The molecule has 1 spiro atoms. The molecule has 0 amide bonds. The van der Waals surface area contributed by atoms with Crippen LogP contribution in [0.15, 0.2) is 30.3 Å². The molecule has 6 rings (SSSR count). The van der Waals surface area contributed by atoms with E-state index in [1.54, 1.807) is 0 Å². The van der Waals surface area contributed by atoms with Crippen molar-refractivity contribution in [2.75, 3.05) is 49.1 Å². The first-order chi connectivity index (χ1) is 19.9. The summed E-state index contributed by atoms with van der Waals surface area (Å²) in [6.45, 7) is 8.56. The topological polar surface area (TPSA) is 88.8 Å². The number of hydrogen-bond donors (Lipinski definition) is 1. The molecule has 8 nitrogen and oxygen atoms in total. The standard InChI is InChI=1S/C32H43ClN6O2/c1-23-19-32(22-39(23)26-5-4-25(20-34)29(33)18-26)12-16-38(17-13-32)30-8-9-31(36-35-30)41-28-10-14-37(15-11-28)21-24-2-6-27(40)7-3-24/h4-5,8-9,18,23-24,27-28,40H,2-3,6-7,10-17,19,21-22H2,1H3/t23-,24?,27?/m0/s1. The summed E-state index contributed by atoms with van der Waals surface area (Å²) in [4.78, 5) is 7.39. The first-order valence-electron chi connectivity index (χ1n) is 15.5. The number of aromatic nitrogens is 2. The van der Waals surface area contributed by atoms with Crippen LogP contribution in [0.5, 0.6) is 5.88 Å². The van der Waals surface area contributed by atoms with Crippen LogP contribution >= 0.6 is 11.6 Å². The minimum absolute atomic E-state index is 0.0759. The Morgan fingerprint density at radius 3 is 2.44 bits per heavy atom. The number of hydrogen-bond acceptors (Lipinski definition) is 8. The summed E-state index contributed by atoms with van der Waals surface area (Å²) in [6.07, 6.45) is 9.82. The monoisotopic (exact) mass is 578 g/mol. The summed E-state index contributed by atoms with van der Waals surface area (Å²) in [5.74, 6) is 2.29. The number of benzene rings is 1. The Labute approximate surface area is 249 Å². The van der Waals surface area contributed by atoms with Gasteiger partial charge in [0.2, 0.25) is 5.88 Å². The number of nitriles is 1. The lowest BCUT2D eigenvalue weighted by Gasteiger charge is -2.39. The van der Waals surface area contributed by atoms with Gasteiger partial charge in [-0.1, -0.05) is 11.6 Å². The van der Waals surface area contributed by atoms with Crippen molar-refractivity contribution in [1.29, 1.82) is 5.26 Å². The van der Waals surface area contributed by atoms with Crippen molar-refractivity contribution in [3.8, 4) is 11.9 Å². The highest BCUT2D eigenvalue weighted by molar-refractivity contribution is 6.32. The largest absolute Gasteiger partial charge is 0.473 e. The molecule has 1 saturated carbocycles. The molecule has 4 aliphatic rings. The van der Waals surface area contributed by atoms with Crippen molar-refractivity contribution in [2.45, 2.75) is 83.0 Å². The number of likely N-dealkylation sites (tertiary alicyclic amines) is 1. The van der Waals surface area contributed by atoms with Crippen LogP contribution in [0.2, 0.25) is 5.02 Å². The number of nitrogens with zero attached hydrogens (tertiary/aromatic N) is 6. The van der Waals surface area contributed by atoms with Gasteiger partial charge in [-0.25, -0.2) is 0 Å². The molecule has 2 aromatic rings. The minimum Gasteiger partial charge on any atom is -0.473 e. The zero-order valence-electron chi connectivity index (χ0n) is 24.2. The second-order valence-electron chi connectivity index (χ2n) is 13.0. The van der Waals surface area contributed by atoms with E-state index in [4.69, 9.17) is 16.3 Å². The molecular weight excluding hydrogens is 536 g/mol. The molecule has 3 aliphatic heterocycles. The minimum atomic E-state index is -0.0759. The Bertz CT molecular complexity index is 1210. The number of rotatable bonds is 6. The van der Waals surface area contributed by atoms with Crippen molar-refractivity contribution in [3.63, 3.8) is 0 Å². The molecule has 4 heterocycles. The maximum atomic E-state index is 9.76. The number of anilines is 2. The Kier molecular flexibility index (Phi) is 8.57. The van der Waals surface area contributed by atoms with E-state index < -0.39 is 0 Å². The molecule has 41 heavy (non-hydrogen) atoms. The van der Waals surface area contributed by atoms with Crippen LogP contribution in [0, 0.1) is 22.7 Å². The van der Waals surface area contributed by atoms with Crippen LogP contribution in [-0.2, 0) is 0 Å². The van der Waals surface area contributed by atoms with Crippen LogP contribution in [-0.4, -0.2) is 77.7 Å². The van der Waals surface area contributed by atoms with Gasteiger partial charge >= 0.3 is 0 Å². The first-order valence-corrected chi connectivity index (χ1v) is 15.9. The molecule has 0 radical (unpaired) electrons. The van der Waals surface area contributed by atoms with E-state index in [0.29, 0.717) is 27.9 Å². The second kappa shape index (κ2) is 12.3. The van der Waals surface area contributed by atoms with Gasteiger partial charge in [0.25, 0.3) is 0 Å². The highest BCUT2D eigenvalue weighted by Crippen LogP contribution is 2.45. The Morgan fingerprint density at radius 2 is 1.78 bits per heavy atom. The second-order valence-corrected chi connectivity index (χ2v) is 13.4. The molecule has 1 N–H and O–H groups in total. The van der Waals surface area contributed by atoms with E-state index in [1.807, 2.05) is 24.3 Å². The van der Waals surface area contributed by atoms with Gasteiger partial charge in [-0.2, -0.15) is 5.26 Å². The smallest absolute Gasteiger partial charge is 0.233 e. The Hall–Kier alpha value is -2.60. The molecular formula is C32H43ClN6O2. The normalized spacial score (nSPS) is 27.2. The first kappa shape index (κ1) is 28.5. The summed E-state index contributed by atoms with van der Waals surface area (Å²) >= 11 is 6.34. The molecule has 1 aliphatic carbocycles. The molecule has 1 atom stereocenters. The van der Waals surface area contributed by atoms with Gasteiger partial charge in [-0.05, 0) is 100 Å². The van der Waals surface area contributed by atoms with Crippen molar-refractivity contribution in [2.24, 2.45) is 11.3 Å². The van der Waals surface area contributed by atoms with Crippen LogP contribution in [0.3, 0.4) is 0 Å². The third-order valence-electron chi connectivity index (χ3n) is 10.1. The van der Waals surface area contributed by atoms with E-state index >= 15 is 0 Å². The fraction of sp³-hybridized carbons (Fsp3) is 0.656. The van der Waals surface area contributed by atoms with E-state index in [1.165, 1.54) is 6.42 Å². The van der Waals surface area contributed by atoms with Crippen LogP contribution in [0.1, 0.15) is 70.3 Å². The summed E-state index contributed by atoms with van der Waals surface area (Å²) in [6, 6.07) is 12.5. The fourth-order valence-corrected chi connectivity index (χ4v) is 7.84. The van der Waals surface area contributed by atoms with Gasteiger partial charge in [0.15, 0.2) is 5.82 Å². The Morgan fingerprint density at radius 1 is 1.02 bits per heavy atom. The lowest BCUT2D eigenvalue weighted by molar-refractivity contribution is 0.0649. The predicted molar refractivity (Wildman–Crippen MR) is 162 cm³/mol. The quantitative estimate of drug-likeness (QED) is 0.495. The third kappa shape index (κ3) is 6.58. The average Bonchev–Trinajstić information content (AvgIpc) is 3.31. The zero-order chi connectivity index (χ0) is 28.4. The molecule has 220 valence electrons. The maximum absolute atomic E-state index is 9.76. The van der Waals surface area contributed by atoms with E-state index in [-0.39, 0.29) is 12.2 Å². The molecule has 1 aromatic carbocycles. The van der Waals surface area contributed by atoms with Gasteiger partial charge in [-0.3, -0.25) is 0 Å². The summed E-state index contributed by atoms with van der Waals surface area (Å²) in [7, 11) is 0. The van der Waals surface area contributed by atoms with Crippen LogP contribution in [0.4, 0.5) is 11.5 Å². The van der Waals surface area contributed by atoms with Crippen molar-refractivity contribution < 1.29 is 9.84 Å². The molecule has 9 heteroatoms. The molecule has 0 unspecified atom stereocenters. The van der Waals surface area contributed by atoms with E-state index in [9.17, 15) is 10.4 Å². The average molecular weight is 579 g/mol. The lowest BCUT2D eigenvalue weighted by atomic mass is 9.77. The number of aliphatic hydroxyl groups excluding tert-OH is 1. The van der Waals surface area contributed by atoms with Gasteiger partial charge in [-0.15, -0.1) is 10.2 Å². The van der Waals surface area contributed by atoms with E-state index in [0.717, 1.165) is 108 Å². The van der Waals surface area contributed by atoms with Gasteiger partial charge in [0, 0.05) is 57.1 Å². The number of piperidine rings is 2. The number of ether oxygens (including phenoxy) is 1. The molecule has 0 bridgehead atoms. The van der Waals surface area contributed by atoms with Gasteiger partial charge in [0.05, 0.1) is 16.7 Å².